The van der Waals surface area contributed by atoms with Gasteiger partial charge < -0.3 is 0 Å². The Labute approximate surface area is 137 Å². The van der Waals surface area contributed by atoms with E-state index in [1.54, 1.807) is 0 Å². The van der Waals surface area contributed by atoms with Gasteiger partial charge in [-0.25, -0.2) is 0 Å². The third kappa shape index (κ3) is 3.69. The third-order valence-corrected chi connectivity index (χ3v) is 3.05. The first-order chi connectivity index (χ1) is 11.7. The molecule has 0 atom stereocenters. The molecule has 25 heavy (non-hydrogen) atoms. The van der Waals surface area contributed by atoms with Gasteiger partial charge in [0, 0.05) is 23.3 Å². The second-order valence-corrected chi connectivity index (χ2v) is 4.56. The van der Waals surface area contributed by atoms with Crippen molar-refractivity contribution in [2.75, 3.05) is 0 Å². The van der Waals surface area contributed by atoms with Gasteiger partial charge in [0.15, 0.2) is 0 Å². The number of nitro benzene ring substituents is 4. The molecule has 0 heterocycles. The standard InChI is InChI=1S/C13H6N4O8/c18-14(19)10-3-1-8(12(6-10)16(22)23)5-9-2-4-11(15(20)21)7-13(9)17(24)25/h1-4,6-7H. The fraction of sp³-hybridized carbons (Fsp3) is 0. The normalized spacial score (nSPS) is 10.2. The molecule has 2 radical (unpaired) electrons. The molecule has 0 aliphatic carbocycles. The zero-order valence-corrected chi connectivity index (χ0v) is 12.0. The molecule has 2 aromatic rings. The summed E-state index contributed by atoms with van der Waals surface area (Å²) in [6, 6.07) is 5.38. The molecule has 12 heteroatoms. The van der Waals surface area contributed by atoms with Gasteiger partial charge in [-0.1, -0.05) is 0 Å². The van der Waals surface area contributed by atoms with E-state index >= 15 is 0 Å². The van der Waals surface area contributed by atoms with E-state index in [-0.39, 0.29) is 11.1 Å². The van der Waals surface area contributed by atoms with Gasteiger partial charge in [0.2, 0.25) is 0 Å². The number of rotatable bonds is 6. The van der Waals surface area contributed by atoms with E-state index in [4.69, 9.17) is 0 Å². The van der Waals surface area contributed by atoms with Crippen molar-refractivity contribution in [3.8, 4) is 0 Å². The lowest BCUT2D eigenvalue weighted by molar-refractivity contribution is -0.394. The highest BCUT2D eigenvalue weighted by Gasteiger charge is 2.25. The highest BCUT2D eigenvalue weighted by molar-refractivity contribution is 5.60. The first-order valence-corrected chi connectivity index (χ1v) is 6.33. The van der Waals surface area contributed by atoms with Crippen molar-refractivity contribution >= 4 is 22.7 Å². The van der Waals surface area contributed by atoms with Crippen LogP contribution in [0.4, 0.5) is 22.7 Å². The van der Waals surface area contributed by atoms with Crippen molar-refractivity contribution in [1.29, 1.82) is 0 Å². The number of non-ortho nitro benzene ring substituents is 2. The molecule has 0 unspecified atom stereocenters. The van der Waals surface area contributed by atoms with Gasteiger partial charge in [0.25, 0.3) is 22.7 Å². The van der Waals surface area contributed by atoms with Gasteiger partial charge in [-0.3, -0.25) is 40.5 Å². The van der Waals surface area contributed by atoms with Crippen molar-refractivity contribution in [2.45, 2.75) is 0 Å². The summed E-state index contributed by atoms with van der Waals surface area (Å²) in [4.78, 5) is 40.1. The van der Waals surface area contributed by atoms with Crippen molar-refractivity contribution in [2.24, 2.45) is 0 Å². The van der Waals surface area contributed by atoms with Crippen LogP contribution in [0.25, 0.3) is 0 Å². The lowest BCUT2D eigenvalue weighted by Gasteiger charge is -2.04. The topological polar surface area (TPSA) is 173 Å². The molecule has 0 spiro atoms. The summed E-state index contributed by atoms with van der Waals surface area (Å²) in [6.07, 6.45) is 2.41. The predicted molar refractivity (Wildman–Crippen MR) is 80.9 cm³/mol. The smallest absolute Gasteiger partial charge is 0.258 e. The van der Waals surface area contributed by atoms with E-state index in [0.29, 0.717) is 12.1 Å². The first-order valence-electron chi connectivity index (χ1n) is 6.33. The quantitative estimate of drug-likeness (QED) is 0.566. The number of hydrogen-bond acceptors (Lipinski definition) is 8. The van der Waals surface area contributed by atoms with Crippen molar-refractivity contribution in [3.05, 3.63) is 94.4 Å². The van der Waals surface area contributed by atoms with Crippen molar-refractivity contribution in [1.82, 2.24) is 0 Å². The van der Waals surface area contributed by atoms with Crippen LogP contribution in [-0.2, 0) is 0 Å². The zero-order valence-electron chi connectivity index (χ0n) is 12.0. The Hall–Kier alpha value is -3.96. The lowest BCUT2D eigenvalue weighted by Crippen LogP contribution is -2.00. The van der Waals surface area contributed by atoms with Gasteiger partial charge in [0.05, 0.1) is 38.2 Å². The van der Waals surface area contributed by atoms with Gasteiger partial charge in [0.1, 0.15) is 0 Å². The molecule has 2 rings (SSSR count). The number of nitrogens with zero attached hydrogens (tertiary/aromatic N) is 4. The van der Waals surface area contributed by atoms with Crippen LogP contribution in [0.1, 0.15) is 11.1 Å². The molecule has 12 nitrogen and oxygen atoms in total. The fourth-order valence-corrected chi connectivity index (χ4v) is 1.93. The maximum atomic E-state index is 11.1. The van der Waals surface area contributed by atoms with Crippen LogP contribution in [0.15, 0.2) is 36.4 Å². The Kier molecular flexibility index (Phi) is 4.63. The summed E-state index contributed by atoms with van der Waals surface area (Å²) in [5.41, 5.74) is -2.91. The summed E-state index contributed by atoms with van der Waals surface area (Å²) in [7, 11) is 0. The molecule has 126 valence electrons. The van der Waals surface area contributed by atoms with Crippen LogP contribution in [0, 0.1) is 46.9 Å². The van der Waals surface area contributed by atoms with E-state index in [1.165, 1.54) is 0 Å². The summed E-state index contributed by atoms with van der Waals surface area (Å²) in [6.45, 7) is 0. The number of hydrogen-bond donors (Lipinski definition) is 0. The molecule has 0 aliphatic rings. The largest absolute Gasteiger partial charge is 0.280 e. The van der Waals surface area contributed by atoms with E-state index in [1.807, 2.05) is 0 Å². The van der Waals surface area contributed by atoms with Crippen LogP contribution >= 0.6 is 0 Å². The minimum atomic E-state index is -0.896. The van der Waals surface area contributed by atoms with Crippen LogP contribution in [0.3, 0.4) is 0 Å². The van der Waals surface area contributed by atoms with E-state index < -0.39 is 42.4 Å². The Balaban J connectivity index is 2.52. The van der Waals surface area contributed by atoms with Crippen LogP contribution in [0.5, 0.6) is 0 Å². The third-order valence-electron chi connectivity index (χ3n) is 3.05. The first kappa shape index (κ1) is 17.4. The summed E-state index contributed by atoms with van der Waals surface area (Å²) >= 11 is 0. The molecular weight excluding hydrogens is 340 g/mol. The van der Waals surface area contributed by atoms with Crippen molar-refractivity contribution in [3.63, 3.8) is 0 Å². The second kappa shape index (κ2) is 6.66. The Morgan fingerprint density at radius 1 is 0.600 bits per heavy atom. The monoisotopic (exact) mass is 346 g/mol. The maximum Gasteiger partial charge on any atom is 0.280 e. The molecule has 0 bridgehead atoms. The zero-order chi connectivity index (χ0) is 18.7. The molecule has 0 N–H and O–H groups in total. The van der Waals surface area contributed by atoms with Crippen LogP contribution in [-0.4, -0.2) is 19.7 Å². The molecular formula is C13H6N4O8. The van der Waals surface area contributed by atoms with Gasteiger partial charge >= 0.3 is 0 Å². The fourth-order valence-electron chi connectivity index (χ4n) is 1.93. The predicted octanol–water partition coefficient (Wildman–Crippen LogP) is 2.80. The Morgan fingerprint density at radius 3 is 1.24 bits per heavy atom. The van der Waals surface area contributed by atoms with Gasteiger partial charge in [-0.2, -0.15) is 0 Å². The van der Waals surface area contributed by atoms with Crippen LogP contribution in [0.2, 0.25) is 0 Å². The minimum absolute atomic E-state index is 0.243. The number of nitro groups is 4. The Bertz CT molecular complexity index is 837. The number of benzene rings is 2. The maximum absolute atomic E-state index is 11.1. The molecule has 0 amide bonds. The van der Waals surface area contributed by atoms with Crippen molar-refractivity contribution < 1.29 is 19.7 Å². The average molecular weight is 346 g/mol. The van der Waals surface area contributed by atoms with Gasteiger partial charge in [-0.15, -0.1) is 0 Å². The SMILES string of the molecule is O=[N+]([O-])c1ccc([C]c2ccc([N+](=O)[O-])cc2[N+](=O)[O-])c([N+](=O)[O-])c1. The highest BCUT2D eigenvalue weighted by atomic mass is 16.6. The van der Waals surface area contributed by atoms with E-state index in [2.05, 4.69) is 6.42 Å². The average Bonchev–Trinajstić information content (AvgIpc) is 2.54. The lowest BCUT2D eigenvalue weighted by atomic mass is 10.0. The summed E-state index contributed by atoms with van der Waals surface area (Å²) < 4.78 is 0. The Morgan fingerprint density at radius 2 is 0.960 bits per heavy atom. The molecule has 0 saturated carbocycles. The van der Waals surface area contributed by atoms with Crippen LogP contribution < -0.4 is 0 Å². The molecule has 0 aliphatic heterocycles. The molecule has 2 aromatic carbocycles. The second-order valence-electron chi connectivity index (χ2n) is 4.56. The van der Waals surface area contributed by atoms with E-state index in [0.717, 1.165) is 24.3 Å². The summed E-state index contributed by atoms with van der Waals surface area (Å²) in [5, 5.41) is 43.5. The minimum Gasteiger partial charge on any atom is -0.258 e. The molecule has 0 saturated heterocycles. The van der Waals surface area contributed by atoms with E-state index in [9.17, 15) is 40.5 Å². The highest BCUT2D eigenvalue weighted by Crippen LogP contribution is 2.32. The molecule has 0 fully saturated rings. The molecule has 0 aromatic heterocycles. The summed E-state index contributed by atoms with van der Waals surface area (Å²) in [5.74, 6) is 0. The van der Waals surface area contributed by atoms with Gasteiger partial charge in [-0.05, 0) is 12.1 Å².